The molecule has 0 atom stereocenters. The van der Waals surface area contributed by atoms with E-state index in [4.69, 9.17) is 0 Å². The van der Waals surface area contributed by atoms with Gasteiger partial charge in [0.1, 0.15) is 0 Å². The number of hydrogen-bond donors (Lipinski definition) is 1. The van der Waals surface area contributed by atoms with Gasteiger partial charge in [-0.3, -0.25) is 9.59 Å². The number of carbonyl (C=O) groups is 2. The van der Waals surface area contributed by atoms with Crippen molar-refractivity contribution in [1.82, 2.24) is 10.2 Å². The lowest BCUT2D eigenvalue weighted by Gasteiger charge is -2.57. The summed E-state index contributed by atoms with van der Waals surface area (Å²) < 4.78 is 0. The van der Waals surface area contributed by atoms with E-state index in [9.17, 15) is 9.59 Å². The Bertz CT molecular complexity index is 757. The van der Waals surface area contributed by atoms with E-state index < -0.39 is 0 Å². The van der Waals surface area contributed by atoms with Crippen molar-refractivity contribution in [1.29, 1.82) is 0 Å². The van der Waals surface area contributed by atoms with E-state index in [1.807, 2.05) is 41.3 Å². The van der Waals surface area contributed by atoms with E-state index in [0.717, 1.165) is 36.2 Å². The highest BCUT2D eigenvalue weighted by molar-refractivity contribution is 5.92. The van der Waals surface area contributed by atoms with Gasteiger partial charge in [0.25, 0.3) is 0 Å². The molecule has 2 amide bonds. The molecule has 0 spiro atoms. The summed E-state index contributed by atoms with van der Waals surface area (Å²) in [6.07, 6.45) is 12.9. The van der Waals surface area contributed by atoms with Gasteiger partial charge in [-0.1, -0.05) is 30.3 Å². The van der Waals surface area contributed by atoms with E-state index in [0.29, 0.717) is 13.1 Å². The fraction of sp³-hybridized carbons (Fsp3) is 0.600. The third-order valence-corrected chi connectivity index (χ3v) is 7.82. The van der Waals surface area contributed by atoms with E-state index in [1.54, 1.807) is 6.08 Å². The van der Waals surface area contributed by atoms with Crippen LogP contribution in [0, 0.1) is 23.7 Å². The smallest absolute Gasteiger partial charge is 0.246 e. The number of carbonyl (C=O) groups excluding carboxylic acids is 2. The lowest BCUT2D eigenvalue weighted by Crippen LogP contribution is -2.61. The molecule has 1 heterocycles. The van der Waals surface area contributed by atoms with Gasteiger partial charge in [0.2, 0.25) is 11.8 Å². The Morgan fingerprint density at radius 1 is 0.931 bits per heavy atom. The van der Waals surface area contributed by atoms with Crippen LogP contribution in [-0.4, -0.2) is 35.3 Å². The molecule has 4 aliphatic carbocycles. The maximum atomic E-state index is 13.0. The second-order valence-corrected chi connectivity index (χ2v) is 10.0. The molecule has 4 nitrogen and oxygen atoms in total. The first-order valence-corrected chi connectivity index (χ1v) is 11.4. The number of nitrogens with zero attached hydrogens (tertiary/aromatic N) is 1. The molecular weight excluding hydrogens is 360 g/mol. The quantitative estimate of drug-likeness (QED) is 0.787. The third-order valence-electron chi connectivity index (χ3n) is 7.82. The largest absolute Gasteiger partial charge is 0.350 e. The first-order chi connectivity index (χ1) is 14.1. The van der Waals surface area contributed by atoms with Crippen LogP contribution in [0.15, 0.2) is 36.4 Å². The van der Waals surface area contributed by atoms with Gasteiger partial charge >= 0.3 is 0 Å². The van der Waals surface area contributed by atoms with E-state index in [1.165, 1.54) is 38.5 Å². The van der Waals surface area contributed by atoms with E-state index >= 15 is 0 Å². The number of benzene rings is 1. The van der Waals surface area contributed by atoms with Gasteiger partial charge in [0.05, 0.1) is 0 Å². The number of likely N-dealkylation sites (tertiary alicyclic amines) is 1. The molecule has 154 valence electrons. The highest BCUT2D eigenvalue weighted by Gasteiger charge is 2.51. The second-order valence-electron chi connectivity index (χ2n) is 10.0. The first-order valence-electron chi connectivity index (χ1n) is 11.4. The molecule has 1 N–H and O–H groups in total. The number of nitrogens with one attached hydrogen (secondary N) is 1. The van der Waals surface area contributed by atoms with Crippen LogP contribution >= 0.6 is 0 Å². The van der Waals surface area contributed by atoms with Crippen LogP contribution in [0.4, 0.5) is 0 Å². The van der Waals surface area contributed by atoms with Crippen LogP contribution < -0.4 is 5.32 Å². The number of amides is 2. The predicted molar refractivity (Wildman–Crippen MR) is 114 cm³/mol. The maximum Gasteiger partial charge on any atom is 0.246 e. The highest BCUT2D eigenvalue weighted by atomic mass is 16.2. The van der Waals surface area contributed by atoms with Gasteiger partial charge in [0.15, 0.2) is 0 Å². The molecular formula is C25H32N2O2. The molecule has 5 aliphatic rings. The topological polar surface area (TPSA) is 49.4 Å². The standard InChI is InChI=1S/C25H32N2O2/c28-23(7-6-18-4-2-1-3-5-18)27-10-8-22(9-11-27)24(29)26-25-15-19-12-20(16-25)14-21(13-19)17-25/h1-7,19-22H,8-17H2,(H,26,29)/b7-6+. The van der Waals surface area contributed by atoms with Gasteiger partial charge in [-0.25, -0.2) is 0 Å². The summed E-state index contributed by atoms with van der Waals surface area (Å²) >= 11 is 0. The van der Waals surface area contributed by atoms with Crippen LogP contribution in [0.25, 0.3) is 6.08 Å². The highest BCUT2D eigenvalue weighted by Crippen LogP contribution is 2.55. The molecule has 0 aromatic heterocycles. The lowest BCUT2D eigenvalue weighted by molar-refractivity contribution is -0.135. The summed E-state index contributed by atoms with van der Waals surface area (Å²) in [5.41, 5.74) is 1.13. The monoisotopic (exact) mass is 392 g/mol. The Morgan fingerprint density at radius 2 is 1.52 bits per heavy atom. The SMILES string of the molecule is O=C(NC12CC3CC(CC(C3)C1)C2)C1CCN(C(=O)/C=C/c2ccccc2)CC1. The zero-order valence-electron chi connectivity index (χ0n) is 17.2. The molecule has 1 aromatic carbocycles. The van der Waals surface area contributed by atoms with Gasteiger partial charge in [-0.05, 0) is 80.8 Å². The van der Waals surface area contributed by atoms with Crippen LogP contribution in [0.2, 0.25) is 0 Å². The van der Waals surface area contributed by atoms with Crippen molar-refractivity contribution in [2.24, 2.45) is 23.7 Å². The van der Waals surface area contributed by atoms with Crippen molar-refractivity contribution in [3.8, 4) is 0 Å². The second kappa shape index (κ2) is 7.62. The van der Waals surface area contributed by atoms with Crippen molar-refractivity contribution in [2.45, 2.75) is 56.9 Å². The molecule has 1 aromatic rings. The molecule has 0 unspecified atom stereocenters. The van der Waals surface area contributed by atoms with Crippen LogP contribution in [-0.2, 0) is 9.59 Å². The predicted octanol–water partition coefficient (Wildman–Crippen LogP) is 4.02. The molecule has 1 aliphatic heterocycles. The minimum Gasteiger partial charge on any atom is -0.350 e. The first kappa shape index (κ1) is 18.9. The molecule has 4 saturated carbocycles. The van der Waals surface area contributed by atoms with Crippen molar-refractivity contribution >= 4 is 17.9 Å². The lowest BCUT2D eigenvalue weighted by atomic mass is 9.53. The van der Waals surface area contributed by atoms with Gasteiger partial charge in [-0.2, -0.15) is 0 Å². The molecule has 4 bridgehead atoms. The van der Waals surface area contributed by atoms with Crippen LogP contribution in [0.1, 0.15) is 56.9 Å². The Morgan fingerprint density at radius 3 is 2.10 bits per heavy atom. The van der Waals surface area contributed by atoms with Crippen molar-refractivity contribution in [3.63, 3.8) is 0 Å². The van der Waals surface area contributed by atoms with Gasteiger partial charge < -0.3 is 10.2 Å². The molecule has 5 fully saturated rings. The normalized spacial score (nSPS) is 33.9. The van der Waals surface area contributed by atoms with Crippen LogP contribution in [0.5, 0.6) is 0 Å². The molecule has 1 saturated heterocycles. The third kappa shape index (κ3) is 3.99. The van der Waals surface area contributed by atoms with Crippen LogP contribution in [0.3, 0.4) is 0 Å². The summed E-state index contributed by atoms with van der Waals surface area (Å²) in [7, 11) is 0. The molecule has 4 heteroatoms. The average molecular weight is 393 g/mol. The summed E-state index contributed by atoms with van der Waals surface area (Å²) in [5, 5.41) is 3.53. The zero-order chi connectivity index (χ0) is 19.8. The summed E-state index contributed by atoms with van der Waals surface area (Å²) in [5.74, 6) is 2.89. The van der Waals surface area contributed by atoms with Gasteiger partial charge in [-0.15, -0.1) is 0 Å². The minimum atomic E-state index is 0.0498. The fourth-order valence-corrected chi connectivity index (χ4v) is 6.83. The number of piperidine rings is 1. The minimum absolute atomic E-state index is 0.0498. The zero-order valence-corrected chi connectivity index (χ0v) is 17.2. The Balaban J connectivity index is 1.13. The average Bonchev–Trinajstić information content (AvgIpc) is 2.71. The molecule has 29 heavy (non-hydrogen) atoms. The molecule has 6 rings (SSSR count). The Kier molecular flexibility index (Phi) is 4.97. The molecule has 0 radical (unpaired) electrons. The maximum absolute atomic E-state index is 13.0. The van der Waals surface area contributed by atoms with Crippen molar-refractivity contribution in [2.75, 3.05) is 13.1 Å². The summed E-state index contributed by atoms with van der Waals surface area (Å²) in [6, 6.07) is 9.89. The fourth-order valence-electron chi connectivity index (χ4n) is 6.83. The summed E-state index contributed by atoms with van der Waals surface area (Å²) in [6.45, 7) is 1.36. The van der Waals surface area contributed by atoms with Gasteiger partial charge in [0, 0.05) is 30.6 Å². The van der Waals surface area contributed by atoms with E-state index in [-0.39, 0.29) is 23.3 Å². The Labute approximate surface area is 173 Å². The van der Waals surface area contributed by atoms with E-state index in [2.05, 4.69) is 5.32 Å². The number of rotatable bonds is 4. The summed E-state index contributed by atoms with van der Waals surface area (Å²) in [4.78, 5) is 27.4. The van der Waals surface area contributed by atoms with Crippen molar-refractivity contribution < 1.29 is 9.59 Å². The Hall–Kier alpha value is -2.10. The number of hydrogen-bond acceptors (Lipinski definition) is 2. The van der Waals surface area contributed by atoms with Crippen molar-refractivity contribution in [3.05, 3.63) is 42.0 Å².